The monoisotopic (exact) mass is 282 g/mol. The summed E-state index contributed by atoms with van der Waals surface area (Å²) in [7, 11) is 1.73. The second kappa shape index (κ2) is 7.13. The molecular formula is C15H23ClN2O. The standard InChI is InChI=1S/C15H23ClN2O/c1-3-18(9-10-19-2)15-12(5-4-6-14(15)16)11-17-13-7-8-13/h4-6,13,17H,3,7-11H2,1-2H3. The van der Waals surface area contributed by atoms with Gasteiger partial charge in [0.2, 0.25) is 0 Å². The van der Waals surface area contributed by atoms with Crippen LogP contribution in [0.5, 0.6) is 0 Å². The third-order valence-corrected chi connectivity index (χ3v) is 3.80. The number of methoxy groups -OCH3 is 1. The Balaban J connectivity index is 2.13. The Morgan fingerprint density at radius 2 is 2.21 bits per heavy atom. The summed E-state index contributed by atoms with van der Waals surface area (Å²) in [6, 6.07) is 6.86. The first-order valence-electron chi connectivity index (χ1n) is 7.01. The summed E-state index contributed by atoms with van der Waals surface area (Å²) in [5.41, 5.74) is 2.43. The lowest BCUT2D eigenvalue weighted by Gasteiger charge is -2.26. The molecule has 1 N–H and O–H groups in total. The van der Waals surface area contributed by atoms with Gasteiger partial charge in [-0.3, -0.25) is 0 Å². The van der Waals surface area contributed by atoms with E-state index in [1.807, 2.05) is 12.1 Å². The topological polar surface area (TPSA) is 24.5 Å². The Morgan fingerprint density at radius 3 is 2.84 bits per heavy atom. The van der Waals surface area contributed by atoms with E-state index in [2.05, 4.69) is 23.2 Å². The molecular weight excluding hydrogens is 260 g/mol. The zero-order valence-electron chi connectivity index (χ0n) is 11.8. The molecule has 0 saturated heterocycles. The van der Waals surface area contributed by atoms with Crippen LogP contribution in [0.4, 0.5) is 5.69 Å². The molecule has 19 heavy (non-hydrogen) atoms. The minimum absolute atomic E-state index is 0.709. The molecule has 0 spiro atoms. The van der Waals surface area contributed by atoms with E-state index in [-0.39, 0.29) is 0 Å². The summed E-state index contributed by atoms with van der Waals surface area (Å²) in [6.45, 7) is 5.56. The molecule has 1 aromatic carbocycles. The van der Waals surface area contributed by atoms with Crippen molar-refractivity contribution in [3.8, 4) is 0 Å². The van der Waals surface area contributed by atoms with Crippen LogP contribution in [0.15, 0.2) is 18.2 Å². The molecule has 0 aromatic heterocycles. The highest BCUT2D eigenvalue weighted by Crippen LogP contribution is 2.30. The molecule has 0 bridgehead atoms. The highest BCUT2D eigenvalue weighted by Gasteiger charge is 2.21. The van der Waals surface area contributed by atoms with Gasteiger partial charge < -0.3 is 15.0 Å². The van der Waals surface area contributed by atoms with Crippen LogP contribution >= 0.6 is 11.6 Å². The van der Waals surface area contributed by atoms with Crippen LogP contribution < -0.4 is 10.2 Å². The van der Waals surface area contributed by atoms with E-state index >= 15 is 0 Å². The number of nitrogens with zero attached hydrogens (tertiary/aromatic N) is 1. The van der Waals surface area contributed by atoms with E-state index in [1.165, 1.54) is 18.4 Å². The Kier molecular flexibility index (Phi) is 5.49. The molecule has 3 nitrogen and oxygen atoms in total. The van der Waals surface area contributed by atoms with Gasteiger partial charge >= 0.3 is 0 Å². The van der Waals surface area contributed by atoms with Crippen LogP contribution in [0.1, 0.15) is 25.3 Å². The van der Waals surface area contributed by atoms with Crippen molar-refractivity contribution in [1.29, 1.82) is 0 Å². The quantitative estimate of drug-likeness (QED) is 0.793. The Bertz CT molecular complexity index is 407. The predicted octanol–water partition coefficient (Wildman–Crippen LogP) is 3.06. The van der Waals surface area contributed by atoms with E-state index in [0.29, 0.717) is 12.6 Å². The van der Waals surface area contributed by atoms with Gasteiger partial charge in [0.1, 0.15) is 0 Å². The van der Waals surface area contributed by atoms with Crippen molar-refractivity contribution in [2.75, 3.05) is 31.7 Å². The molecule has 0 radical (unpaired) electrons. The lowest BCUT2D eigenvalue weighted by molar-refractivity contribution is 0.205. The summed E-state index contributed by atoms with van der Waals surface area (Å²) < 4.78 is 5.18. The third kappa shape index (κ3) is 4.10. The van der Waals surface area contributed by atoms with Crippen LogP contribution in [0.2, 0.25) is 5.02 Å². The average Bonchev–Trinajstić information content (AvgIpc) is 3.23. The first-order valence-corrected chi connectivity index (χ1v) is 7.38. The second-order valence-electron chi connectivity index (χ2n) is 4.98. The Hall–Kier alpha value is -0.770. The van der Waals surface area contributed by atoms with Gasteiger partial charge in [-0.15, -0.1) is 0 Å². The highest BCUT2D eigenvalue weighted by atomic mass is 35.5. The number of hydrogen-bond donors (Lipinski definition) is 1. The Morgan fingerprint density at radius 1 is 1.42 bits per heavy atom. The Labute approximate surface area is 120 Å². The highest BCUT2D eigenvalue weighted by molar-refractivity contribution is 6.33. The molecule has 2 rings (SSSR count). The van der Waals surface area contributed by atoms with Gasteiger partial charge in [0.05, 0.1) is 17.3 Å². The van der Waals surface area contributed by atoms with Gasteiger partial charge in [0.25, 0.3) is 0 Å². The fraction of sp³-hybridized carbons (Fsp3) is 0.600. The van der Waals surface area contributed by atoms with Crippen LogP contribution in [-0.2, 0) is 11.3 Å². The van der Waals surface area contributed by atoms with Crippen LogP contribution in [0.25, 0.3) is 0 Å². The summed E-state index contributed by atoms with van der Waals surface area (Å²) in [6.07, 6.45) is 2.61. The van der Waals surface area contributed by atoms with E-state index in [9.17, 15) is 0 Å². The lowest BCUT2D eigenvalue weighted by Crippen LogP contribution is -2.29. The van der Waals surface area contributed by atoms with Crippen LogP contribution in [-0.4, -0.2) is 32.8 Å². The molecule has 1 aliphatic rings. The number of likely N-dealkylation sites (N-methyl/N-ethyl adjacent to an activating group) is 1. The number of benzene rings is 1. The van der Waals surface area contributed by atoms with Crippen molar-refractivity contribution < 1.29 is 4.74 Å². The van der Waals surface area contributed by atoms with Gasteiger partial charge in [-0.2, -0.15) is 0 Å². The largest absolute Gasteiger partial charge is 0.383 e. The smallest absolute Gasteiger partial charge is 0.0642 e. The van der Waals surface area contributed by atoms with E-state index in [0.717, 1.165) is 30.3 Å². The van der Waals surface area contributed by atoms with Gasteiger partial charge in [-0.1, -0.05) is 23.7 Å². The van der Waals surface area contributed by atoms with E-state index in [4.69, 9.17) is 16.3 Å². The minimum atomic E-state index is 0.709. The molecule has 0 amide bonds. The maximum atomic E-state index is 6.40. The average molecular weight is 283 g/mol. The van der Waals surface area contributed by atoms with Crippen molar-refractivity contribution in [3.63, 3.8) is 0 Å². The van der Waals surface area contributed by atoms with E-state index in [1.54, 1.807) is 7.11 Å². The van der Waals surface area contributed by atoms with Gasteiger partial charge in [0, 0.05) is 32.8 Å². The van der Waals surface area contributed by atoms with Gasteiger partial charge in [-0.05, 0) is 31.4 Å². The molecule has 0 atom stereocenters. The molecule has 1 aliphatic carbocycles. The van der Waals surface area contributed by atoms with Crippen molar-refractivity contribution in [2.24, 2.45) is 0 Å². The number of ether oxygens (including phenoxy) is 1. The second-order valence-corrected chi connectivity index (χ2v) is 5.38. The van der Waals surface area contributed by atoms with Crippen molar-refractivity contribution in [1.82, 2.24) is 5.32 Å². The predicted molar refractivity (Wildman–Crippen MR) is 81.1 cm³/mol. The molecule has 1 fully saturated rings. The van der Waals surface area contributed by atoms with Crippen molar-refractivity contribution >= 4 is 17.3 Å². The maximum Gasteiger partial charge on any atom is 0.0642 e. The summed E-state index contributed by atoms with van der Waals surface area (Å²) in [5, 5.41) is 4.39. The summed E-state index contributed by atoms with van der Waals surface area (Å²) in [4.78, 5) is 2.29. The first-order chi connectivity index (χ1) is 9.26. The number of anilines is 1. The number of nitrogens with one attached hydrogen (secondary N) is 1. The minimum Gasteiger partial charge on any atom is -0.383 e. The number of rotatable bonds is 8. The molecule has 106 valence electrons. The zero-order chi connectivity index (χ0) is 13.7. The van der Waals surface area contributed by atoms with Crippen molar-refractivity contribution in [2.45, 2.75) is 32.4 Å². The van der Waals surface area contributed by atoms with Crippen molar-refractivity contribution in [3.05, 3.63) is 28.8 Å². The SMILES string of the molecule is CCN(CCOC)c1c(Cl)cccc1CNC1CC1. The normalized spacial score (nSPS) is 14.7. The molecule has 0 aliphatic heterocycles. The number of para-hydroxylation sites is 1. The molecule has 0 heterocycles. The zero-order valence-corrected chi connectivity index (χ0v) is 12.5. The molecule has 0 unspecified atom stereocenters. The first kappa shape index (κ1) is 14.6. The van der Waals surface area contributed by atoms with Gasteiger partial charge in [0.15, 0.2) is 0 Å². The fourth-order valence-corrected chi connectivity index (χ4v) is 2.54. The fourth-order valence-electron chi connectivity index (χ4n) is 2.23. The number of halogens is 1. The number of hydrogen-bond acceptors (Lipinski definition) is 3. The van der Waals surface area contributed by atoms with Crippen LogP contribution in [0, 0.1) is 0 Å². The molecule has 1 aromatic rings. The van der Waals surface area contributed by atoms with Crippen LogP contribution in [0.3, 0.4) is 0 Å². The van der Waals surface area contributed by atoms with E-state index < -0.39 is 0 Å². The molecule has 1 saturated carbocycles. The maximum absolute atomic E-state index is 6.40. The lowest BCUT2D eigenvalue weighted by atomic mass is 10.1. The summed E-state index contributed by atoms with van der Waals surface area (Å²) >= 11 is 6.40. The summed E-state index contributed by atoms with van der Waals surface area (Å²) in [5.74, 6) is 0. The third-order valence-electron chi connectivity index (χ3n) is 3.49. The van der Waals surface area contributed by atoms with Gasteiger partial charge in [-0.25, -0.2) is 0 Å². The molecule has 4 heteroatoms.